The summed E-state index contributed by atoms with van der Waals surface area (Å²) in [4.78, 5) is 11.5. The number of nitrogens with zero attached hydrogens (tertiary/aromatic N) is 4. The molecule has 0 bridgehead atoms. The minimum absolute atomic E-state index is 0.102. The van der Waals surface area contributed by atoms with Crippen molar-refractivity contribution in [2.24, 2.45) is 0 Å². The van der Waals surface area contributed by atoms with Crippen LogP contribution in [-0.2, 0) is 4.43 Å². The van der Waals surface area contributed by atoms with E-state index in [0.717, 1.165) is 10.4 Å². The van der Waals surface area contributed by atoms with Crippen molar-refractivity contribution >= 4 is 53.2 Å². The Hall–Kier alpha value is -2.59. The maximum absolute atomic E-state index is 15.2. The van der Waals surface area contributed by atoms with Crippen molar-refractivity contribution in [2.45, 2.75) is 36.4 Å². The van der Waals surface area contributed by atoms with Crippen LogP contribution in [-0.4, -0.2) is 39.7 Å². The summed E-state index contributed by atoms with van der Waals surface area (Å²) in [6, 6.07) is 20.6. The number of imidazole rings is 1. The second-order valence-electron chi connectivity index (χ2n) is 9.66. The van der Waals surface area contributed by atoms with Crippen LogP contribution in [0.1, 0.15) is 26.1 Å². The van der Waals surface area contributed by atoms with E-state index < -0.39 is 19.8 Å². The van der Waals surface area contributed by atoms with Crippen molar-refractivity contribution in [3.05, 3.63) is 90.1 Å². The monoisotopic (exact) mass is 542 g/mol. The summed E-state index contributed by atoms with van der Waals surface area (Å²) in [6.07, 6.45) is 2.01. The van der Waals surface area contributed by atoms with Gasteiger partial charge in [-0.3, -0.25) is 4.57 Å². The van der Waals surface area contributed by atoms with Crippen LogP contribution in [0.25, 0.3) is 11.2 Å². The summed E-state index contributed by atoms with van der Waals surface area (Å²) < 4.78 is 37.5. The molecule has 2 atom stereocenters. The summed E-state index contributed by atoms with van der Waals surface area (Å²) in [5.41, 5.74) is 0.389. The standard InChI is InChI=1S/C26H25ClF2N4OSSi/c1-26(2,3)36(18-10-6-4-7-11-18,19-12-8-5-9-13-19)34-15-17-14-20(28)24(35-17)33-16-30-21-22(27)31-25(29)32-23(21)33/h4-14,16-17,24H,15H2,1-3H3/t17-,24+/m1/s1. The third-order valence-electron chi connectivity index (χ3n) is 6.37. The molecule has 0 unspecified atom stereocenters. The van der Waals surface area contributed by atoms with Gasteiger partial charge >= 0.3 is 6.08 Å². The molecule has 0 aliphatic carbocycles. The van der Waals surface area contributed by atoms with E-state index in [2.05, 4.69) is 60.0 Å². The molecule has 0 amide bonds. The SMILES string of the molecule is CC(C)(C)[Si](OC[C@H]1C=C(F)[C@@H](n2cnc3c(Cl)nc(F)nc32)S1)(c1ccccc1)c1ccccc1. The zero-order valence-electron chi connectivity index (χ0n) is 20.0. The fourth-order valence-corrected chi connectivity index (χ4v) is 10.9. The number of fused-ring (bicyclic) bond motifs is 1. The highest BCUT2D eigenvalue weighted by Crippen LogP contribution is 2.45. The molecule has 0 N–H and O–H groups in total. The molecule has 1 aliphatic heterocycles. The topological polar surface area (TPSA) is 52.8 Å². The number of thioether (sulfide) groups is 1. The lowest BCUT2D eigenvalue weighted by Gasteiger charge is -2.43. The normalized spacial score (nSPS) is 18.6. The average molecular weight is 543 g/mol. The maximum atomic E-state index is 15.2. The molecule has 0 saturated heterocycles. The highest BCUT2D eigenvalue weighted by molar-refractivity contribution is 8.00. The lowest BCUT2D eigenvalue weighted by atomic mass is 10.2. The Morgan fingerprint density at radius 2 is 1.61 bits per heavy atom. The maximum Gasteiger partial charge on any atom is 0.312 e. The van der Waals surface area contributed by atoms with Gasteiger partial charge < -0.3 is 4.43 Å². The zero-order valence-corrected chi connectivity index (χ0v) is 22.6. The number of halogens is 3. The Balaban J connectivity index is 1.46. The fraction of sp³-hybridized carbons (Fsp3) is 0.269. The molecule has 0 radical (unpaired) electrons. The first-order valence-corrected chi connectivity index (χ1v) is 14.8. The molecule has 4 aromatic rings. The van der Waals surface area contributed by atoms with Crippen molar-refractivity contribution < 1.29 is 13.2 Å². The summed E-state index contributed by atoms with van der Waals surface area (Å²) in [6.45, 7) is 6.93. The van der Waals surface area contributed by atoms with E-state index in [9.17, 15) is 4.39 Å². The number of hydrogen-bond acceptors (Lipinski definition) is 5. The summed E-state index contributed by atoms with van der Waals surface area (Å²) in [5, 5.41) is 1.04. The lowest BCUT2D eigenvalue weighted by molar-refractivity contribution is 0.308. The Labute approximate surface area is 218 Å². The number of hydrogen-bond donors (Lipinski definition) is 0. The van der Waals surface area contributed by atoms with Crippen LogP contribution in [0.15, 0.2) is 78.9 Å². The molecule has 186 valence electrons. The molecule has 3 heterocycles. The van der Waals surface area contributed by atoms with Crippen LogP contribution < -0.4 is 10.4 Å². The van der Waals surface area contributed by atoms with Crippen LogP contribution in [0, 0.1) is 6.08 Å². The van der Waals surface area contributed by atoms with Gasteiger partial charge in [0.1, 0.15) is 16.7 Å². The minimum atomic E-state index is -2.76. The molecule has 0 spiro atoms. The molecule has 10 heteroatoms. The fourth-order valence-electron chi connectivity index (χ4n) is 4.81. The van der Waals surface area contributed by atoms with Gasteiger partial charge in [-0.15, -0.1) is 11.8 Å². The second-order valence-corrected chi connectivity index (χ2v) is 15.6. The highest BCUT2D eigenvalue weighted by Gasteiger charge is 2.50. The van der Waals surface area contributed by atoms with Gasteiger partial charge in [0.2, 0.25) is 0 Å². The highest BCUT2D eigenvalue weighted by atomic mass is 35.5. The number of benzene rings is 2. The van der Waals surface area contributed by atoms with Crippen LogP contribution in [0.2, 0.25) is 10.2 Å². The van der Waals surface area contributed by atoms with Crippen LogP contribution >= 0.6 is 23.4 Å². The smallest absolute Gasteiger partial charge is 0.312 e. The predicted molar refractivity (Wildman–Crippen MR) is 143 cm³/mol. The first kappa shape index (κ1) is 25.1. The molecule has 36 heavy (non-hydrogen) atoms. The molecule has 2 aromatic carbocycles. The van der Waals surface area contributed by atoms with E-state index in [1.54, 1.807) is 6.08 Å². The quantitative estimate of drug-likeness (QED) is 0.179. The van der Waals surface area contributed by atoms with Gasteiger partial charge in [-0.1, -0.05) is 93.0 Å². The Kier molecular flexibility index (Phi) is 6.76. The summed E-state index contributed by atoms with van der Waals surface area (Å²) >= 11 is 7.38. The van der Waals surface area contributed by atoms with Crippen molar-refractivity contribution in [1.29, 1.82) is 0 Å². The molecule has 0 saturated carbocycles. The van der Waals surface area contributed by atoms with E-state index in [1.165, 1.54) is 22.7 Å². The molecular weight excluding hydrogens is 518 g/mol. The van der Waals surface area contributed by atoms with E-state index in [4.69, 9.17) is 16.0 Å². The minimum Gasteiger partial charge on any atom is -0.406 e. The zero-order chi connectivity index (χ0) is 25.5. The van der Waals surface area contributed by atoms with Gasteiger partial charge in [0.05, 0.1) is 18.2 Å². The molecule has 2 aromatic heterocycles. The largest absolute Gasteiger partial charge is 0.406 e. The van der Waals surface area contributed by atoms with E-state index in [-0.39, 0.29) is 32.4 Å². The van der Waals surface area contributed by atoms with Crippen molar-refractivity contribution in [2.75, 3.05) is 6.61 Å². The Morgan fingerprint density at radius 3 is 2.19 bits per heavy atom. The third-order valence-corrected chi connectivity index (χ3v) is 13.0. The van der Waals surface area contributed by atoms with E-state index >= 15 is 4.39 Å². The Morgan fingerprint density at radius 1 is 1.00 bits per heavy atom. The molecule has 0 fully saturated rings. The van der Waals surface area contributed by atoms with Crippen molar-refractivity contribution in [3.63, 3.8) is 0 Å². The van der Waals surface area contributed by atoms with Gasteiger partial charge in [-0.25, -0.2) is 9.37 Å². The predicted octanol–water partition coefficient (Wildman–Crippen LogP) is 5.66. The molecule has 1 aliphatic rings. The summed E-state index contributed by atoms with van der Waals surface area (Å²) in [5.74, 6) is -0.356. The van der Waals surface area contributed by atoms with Gasteiger partial charge in [0.15, 0.2) is 10.8 Å². The molecule has 5 nitrogen and oxygen atoms in total. The van der Waals surface area contributed by atoms with Gasteiger partial charge in [0.25, 0.3) is 8.32 Å². The number of rotatable bonds is 6. The van der Waals surface area contributed by atoms with Crippen molar-refractivity contribution in [1.82, 2.24) is 19.5 Å². The van der Waals surface area contributed by atoms with Crippen LogP contribution in [0.3, 0.4) is 0 Å². The van der Waals surface area contributed by atoms with Gasteiger partial charge in [0, 0.05) is 0 Å². The first-order chi connectivity index (χ1) is 17.2. The third kappa shape index (κ3) is 4.38. The second kappa shape index (κ2) is 9.70. The number of aromatic nitrogens is 4. The van der Waals surface area contributed by atoms with Crippen LogP contribution in [0.5, 0.6) is 0 Å². The molecular formula is C26H25ClF2N4OSSi. The molecule has 5 rings (SSSR count). The van der Waals surface area contributed by atoms with E-state index in [1.807, 2.05) is 36.4 Å². The lowest BCUT2D eigenvalue weighted by Crippen LogP contribution is -2.67. The van der Waals surface area contributed by atoms with E-state index in [0.29, 0.717) is 6.61 Å². The van der Waals surface area contributed by atoms with Crippen molar-refractivity contribution in [3.8, 4) is 0 Å². The van der Waals surface area contributed by atoms with Gasteiger partial charge in [-0.2, -0.15) is 14.4 Å². The average Bonchev–Trinajstić information content (AvgIpc) is 3.43. The Bertz CT molecular complexity index is 1370. The van der Waals surface area contributed by atoms with Gasteiger partial charge in [-0.05, 0) is 21.5 Å². The first-order valence-electron chi connectivity index (χ1n) is 11.5. The summed E-state index contributed by atoms with van der Waals surface area (Å²) in [7, 11) is -2.76. The van der Waals surface area contributed by atoms with Crippen LogP contribution in [0.4, 0.5) is 8.78 Å².